The summed E-state index contributed by atoms with van der Waals surface area (Å²) < 4.78 is 13.6. The van der Waals surface area contributed by atoms with Gasteiger partial charge in [-0.2, -0.15) is 0 Å². The summed E-state index contributed by atoms with van der Waals surface area (Å²) in [5, 5.41) is 5.39. The molecule has 3 aromatic rings. The van der Waals surface area contributed by atoms with Gasteiger partial charge in [-0.25, -0.2) is 9.18 Å². The normalized spacial score (nSPS) is 13.4. The van der Waals surface area contributed by atoms with Crippen molar-refractivity contribution in [2.75, 3.05) is 6.54 Å². The molecule has 1 aliphatic rings. The lowest BCUT2D eigenvalue weighted by Gasteiger charge is -2.25. The summed E-state index contributed by atoms with van der Waals surface area (Å²) in [5.41, 5.74) is 3.67. The van der Waals surface area contributed by atoms with Gasteiger partial charge in [-0.05, 0) is 46.5 Å². The zero-order valence-corrected chi connectivity index (χ0v) is 17.6. The third kappa shape index (κ3) is 4.63. The number of hydrogen-bond acceptors (Lipinski definition) is 3. The Morgan fingerprint density at radius 3 is 2.59 bits per heavy atom. The maximum Gasteiger partial charge on any atom is 0.321 e. The molecule has 0 spiro atoms. The Kier molecular flexibility index (Phi) is 6.18. The third-order valence-electron chi connectivity index (χ3n) is 5.32. The Balaban J connectivity index is 1.58. The summed E-state index contributed by atoms with van der Waals surface area (Å²) in [4.78, 5) is 37.0. The topological polar surface area (TPSA) is 78.5 Å². The minimum absolute atomic E-state index is 0.151. The van der Waals surface area contributed by atoms with E-state index in [-0.39, 0.29) is 18.9 Å². The number of carbonyl (C=O) groups excluding carboxylic acids is 3. The standard InChI is InChI=1S/C24H19ClFN3O3/c25-19-3-1-2-17(10-19)15-4-6-16(7-5-15)22(28-24(32)27-14-30)13-29-12-18-8-9-20(26)11-21(18)23(29)31/h1-11,14,22H,12-13H2,(H2,27,28,30,32)/t22-/m0/s1. The molecule has 1 heterocycles. The predicted molar refractivity (Wildman–Crippen MR) is 119 cm³/mol. The quantitative estimate of drug-likeness (QED) is 0.548. The van der Waals surface area contributed by atoms with Crippen LogP contribution >= 0.6 is 11.6 Å². The molecule has 8 heteroatoms. The number of hydrogen-bond donors (Lipinski definition) is 2. The van der Waals surface area contributed by atoms with Crippen molar-refractivity contribution >= 4 is 29.9 Å². The van der Waals surface area contributed by atoms with Crippen LogP contribution in [0.2, 0.25) is 5.02 Å². The smallest absolute Gasteiger partial charge is 0.321 e. The van der Waals surface area contributed by atoms with E-state index in [1.54, 1.807) is 17.0 Å². The average Bonchev–Trinajstić information content (AvgIpc) is 3.08. The van der Waals surface area contributed by atoms with E-state index in [1.165, 1.54) is 12.1 Å². The molecule has 0 bridgehead atoms. The number of nitrogens with zero attached hydrogens (tertiary/aromatic N) is 1. The highest BCUT2D eigenvalue weighted by atomic mass is 35.5. The molecule has 0 saturated carbocycles. The van der Waals surface area contributed by atoms with E-state index in [0.29, 0.717) is 17.1 Å². The van der Waals surface area contributed by atoms with Crippen LogP contribution in [0.5, 0.6) is 0 Å². The number of fused-ring (bicyclic) bond motifs is 1. The van der Waals surface area contributed by atoms with Gasteiger partial charge in [0.1, 0.15) is 5.82 Å². The van der Waals surface area contributed by atoms with Gasteiger partial charge < -0.3 is 10.2 Å². The fraction of sp³-hybridized carbons (Fsp3) is 0.125. The van der Waals surface area contributed by atoms with E-state index in [2.05, 4.69) is 10.6 Å². The molecular weight excluding hydrogens is 433 g/mol. The van der Waals surface area contributed by atoms with Crippen LogP contribution in [0.15, 0.2) is 66.7 Å². The van der Waals surface area contributed by atoms with Crippen molar-refractivity contribution in [2.24, 2.45) is 0 Å². The van der Waals surface area contributed by atoms with Crippen LogP contribution in [0.4, 0.5) is 9.18 Å². The van der Waals surface area contributed by atoms with Crippen molar-refractivity contribution in [1.82, 2.24) is 15.5 Å². The van der Waals surface area contributed by atoms with Gasteiger partial charge in [-0.15, -0.1) is 0 Å². The summed E-state index contributed by atoms with van der Waals surface area (Å²) in [6, 6.07) is 17.8. The number of urea groups is 1. The van der Waals surface area contributed by atoms with Gasteiger partial charge in [0.15, 0.2) is 0 Å². The minimum Gasteiger partial charge on any atom is -0.332 e. The molecule has 1 atom stereocenters. The van der Waals surface area contributed by atoms with Gasteiger partial charge in [-0.1, -0.05) is 54.1 Å². The first-order chi connectivity index (χ1) is 15.4. The maximum atomic E-state index is 13.6. The van der Waals surface area contributed by atoms with Crippen LogP contribution in [-0.4, -0.2) is 29.8 Å². The fourth-order valence-corrected chi connectivity index (χ4v) is 3.96. The highest BCUT2D eigenvalue weighted by Crippen LogP contribution is 2.28. The van der Waals surface area contributed by atoms with Crippen molar-refractivity contribution in [1.29, 1.82) is 0 Å². The molecule has 1 aliphatic heterocycles. The molecule has 0 saturated heterocycles. The van der Waals surface area contributed by atoms with E-state index in [1.807, 2.05) is 42.5 Å². The molecule has 162 valence electrons. The Morgan fingerprint density at radius 1 is 1.09 bits per heavy atom. The van der Waals surface area contributed by atoms with Crippen LogP contribution < -0.4 is 10.6 Å². The number of halogens is 2. The molecule has 0 aromatic heterocycles. The van der Waals surface area contributed by atoms with Crippen LogP contribution in [0.3, 0.4) is 0 Å². The van der Waals surface area contributed by atoms with Gasteiger partial charge in [0, 0.05) is 23.7 Å². The van der Waals surface area contributed by atoms with Crippen molar-refractivity contribution in [3.8, 4) is 11.1 Å². The number of rotatable bonds is 6. The molecule has 0 radical (unpaired) electrons. The minimum atomic E-state index is -0.681. The molecule has 4 rings (SSSR count). The maximum absolute atomic E-state index is 13.6. The largest absolute Gasteiger partial charge is 0.332 e. The third-order valence-corrected chi connectivity index (χ3v) is 5.56. The summed E-state index contributed by atoms with van der Waals surface area (Å²) >= 11 is 6.08. The average molecular weight is 452 g/mol. The Bertz CT molecular complexity index is 1180. The van der Waals surface area contributed by atoms with Gasteiger partial charge in [-0.3, -0.25) is 14.9 Å². The zero-order valence-electron chi connectivity index (χ0n) is 16.8. The molecule has 4 amide bonds. The van der Waals surface area contributed by atoms with Gasteiger partial charge in [0.2, 0.25) is 6.41 Å². The van der Waals surface area contributed by atoms with Crippen molar-refractivity contribution < 1.29 is 18.8 Å². The highest BCUT2D eigenvalue weighted by molar-refractivity contribution is 6.30. The Labute approximate surface area is 189 Å². The van der Waals surface area contributed by atoms with Crippen LogP contribution in [0.25, 0.3) is 11.1 Å². The number of imide groups is 1. The molecule has 6 nitrogen and oxygen atoms in total. The van der Waals surface area contributed by atoms with Crippen molar-refractivity contribution in [3.05, 3.63) is 94.3 Å². The second-order valence-electron chi connectivity index (χ2n) is 7.41. The van der Waals surface area contributed by atoms with Crippen LogP contribution in [0.1, 0.15) is 27.5 Å². The first-order valence-corrected chi connectivity index (χ1v) is 10.3. The highest BCUT2D eigenvalue weighted by Gasteiger charge is 2.30. The van der Waals surface area contributed by atoms with Crippen molar-refractivity contribution in [2.45, 2.75) is 12.6 Å². The lowest BCUT2D eigenvalue weighted by molar-refractivity contribution is -0.108. The van der Waals surface area contributed by atoms with E-state index < -0.39 is 17.9 Å². The van der Waals surface area contributed by atoms with Gasteiger partial charge in [0.05, 0.1) is 6.04 Å². The molecule has 3 aromatic carbocycles. The van der Waals surface area contributed by atoms with Crippen LogP contribution in [-0.2, 0) is 11.3 Å². The van der Waals surface area contributed by atoms with E-state index >= 15 is 0 Å². The predicted octanol–water partition coefficient (Wildman–Crippen LogP) is 4.30. The molecule has 0 unspecified atom stereocenters. The molecule has 2 N–H and O–H groups in total. The molecular formula is C24H19ClFN3O3. The second-order valence-corrected chi connectivity index (χ2v) is 7.84. The van der Waals surface area contributed by atoms with Gasteiger partial charge >= 0.3 is 6.03 Å². The molecule has 32 heavy (non-hydrogen) atoms. The van der Waals surface area contributed by atoms with Gasteiger partial charge in [0.25, 0.3) is 5.91 Å². The summed E-state index contributed by atoms with van der Waals surface area (Å²) in [6.07, 6.45) is 0.286. The Morgan fingerprint density at radius 2 is 1.88 bits per heavy atom. The lowest BCUT2D eigenvalue weighted by atomic mass is 10.0. The van der Waals surface area contributed by atoms with E-state index in [0.717, 1.165) is 22.3 Å². The zero-order chi connectivity index (χ0) is 22.7. The summed E-state index contributed by atoms with van der Waals surface area (Å²) in [5.74, 6) is -0.784. The monoisotopic (exact) mass is 451 g/mol. The van der Waals surface area contributed by atoms with Crippen molar-refractivity contribution in [3.63, 3.8) is 0 Å². The first-order valence-electron chi connectivity index (χ1n) is 9.89. The summed E-state index contributed by atoms with van der Waals surface area (Å²) in [6.45, 7) is 0.459. The number of benzene rings is 3. The van der Waals surface area contributed by atoms with E-state index in [4.69, 9.17) is 11.6 Å². The second kappa shape index (κ2) is 9.20. The first kappa shape index (κ1) is 21.5. The SMILES string of the molecule is O=CNC(=O)N[C@@H](CN1Cc2ccc(F)cc2C1=O)c1ccc(-c2cccc(Cl)c2)cc1. The van der Waals surface area contributed by atoms with Crippen LogP contribution in [0, 0.1) is 5.82 Å². The molecule has 0 aliphatic carbocycles. The van der Waals surface area contributed by atoms with E-state index in [9.17, 15) is 18.8 Å². The number of amides is 4. The fourth-order valence-electron chi connectivity index (χ4n) is 3.76. The number of carbonyl (C=O) groups is 3. The summed E-state index contributed by atoms with van der Waals surface area (Å²) in [7, 11) is 0. The Hall–Kier alpha value is -3.71. The number of nitrogens with one attached hydrogen (secondary N) is 2. The lowest BCUT2D eigenvalue weighted by Crippen LogP contribution is -2.42. The molecule has 0 fully saturated rings.